The molecule has 0 saturated carbocycles. The van der Waals surface area contributed by atoms with Gasteiger partial charge in [-0.15, -0.1) is 0 Å². The highest BCUT2D eigenvalue weighted by molar-refractivity contribution is 6.29. The first-order valence-corrected chi connectivity index (χ1v) is 7.83. The van der Waals surface area contributed by atoms with Crippen molar-refractivity contribution in [2.24, 2.45) is 0 Å². The summed E-state index contributed by atoms with van der Waals surface area (Å²) in [4.78, 5) is 6.48. The van der Waals surface area contributed by atoms with Crippen molar-refractivity contribution in [1.82, 2.24) is 15.2 Å². The highest BCUT2D eigenvalue weighted by atomic mass is 35.5. The molecule has 0 radical (unpaired) electrons. The minimum atomic E-state index is 0.307. The van der Waals surface area contributed by atoms with Crippen LogP contribution in [0.4, 0.5) is 0 Å². The summed E-state index contributed by atoms with van der Waals surface area (Å²) in [5.74, 6) is 0. The molecule has 1 unspecified atom stereocenters. The third-order valence-corrected chi connectivity index (χ3v) is 4.10. The SMILES string of the molecule is OCC1CCCN1CCCCNCc1ccc(Cl)nc1. The zero-order valence-corrected chi connectivity index (χ0v) is 12.6. The van der Waals surface area contributed by atoms with Gasteiger partial charge in [-0.2, -0.15) is 0 Å². The fourth-order valence-corrected chi connectivity index (χ4v) is 2.82. The van der Waals surface area contributed by atoms with E-state index in [-0.39, 0.29) is 0 Å². The van der Waals surface area contributed by atoms with E-state index in [0.717, 1.165) is 44.6 Å². The molecule has 1 aliphatic rings. The predicted molar refractivity (Wildman–Crippen MR) is 81.9 cm³/mol. The molecule has 0 amide bonds. The summed E-state index contributed by atoms with van der Waals surface area (Å²) >= 11 is 5.75. The van der Waals surface area contributed by atoms with Crippen molar-refractivity contribution in [3.63, 3.8) is 0 Å². The van der Waals surface area contributed by atoms with Gasteiger partial charge < -0.3 is 10.4 Å². The van der Waals surface area contributed by atoms with E-state index in [1.807, 2.05) is 18.3 Å². The lowest BCUT2D eigenvalue weighted by Gasteiger charge is -2.22. The first kappa shape index (κ1) is 15.7. The van der Waals surface area contributed by atoms with E-state index >= 15 is 0 Å². The third kappa shape index (κ3) is 5.02. The van der Waals surface area contributed by atoms with Crippen LogP contribution in [0.5, 0.6) is 0 Å². The molecule has 2 N–H and O–H groups in total. The molecule has 2 heterocycles. The van der Waals surface area contributed by atoms with Gasteiger partial charge >= 0.3 is 0 Å². The Morgan fingerprint density at radius 2 is 2.30 bits per heavy atom. The average molecular weight is 298 g/mol. The lowest BCUT2D eigenvalue weighted by Crippen LogP contribution is -2.33. The number of hydrogen-bond donors (Lipinski definition) is 2. The second-order valence-corrected chi connectivity index (χ2v) is 5.77. The second-order valence-electron chi connectivity index (χ2n) is 5.39. The molecule has 20 heavy (non-hydrogen) atoms. The summed E-state index contributed by atoms with van der Waals surface area (Å²) in [6.07, 6.45) is 6.54. The predicted octanol–water partition coefficient (Wildman–Crippen LogP) is 2.06. The van der Waals surface area contributed by atoms with Crippen LogP contribution < -0.4 is 5.32 Å². The Morgan fingerprint density at radius 3 is 3.05 bits per heavy atom. The number of aromatic nitrogens is 1. The molecule has 1 atom stereocenters. The van der Waals surface area contributed by atoms with Crippen LogP contribution in [0.3, 0.4) is 0 Å². The molecule has 0 aromatic carbocycles. The Hall–Kier alpha value is -0.680. The fourth-order valence-electron chi connectivity index (χ4n) is 2.70. The molecule has 0 bridgehead atoms. The maximum atomic E-state index is 9.25. The Balaban J connectivity index is 1.52. The standard InChI is InChI=1S/C15H24ClN3O/c16-15-6-5-13(11-18-15)10-17-7-1-2-8-19-9-3-4-14(19)12-20/h5-6,11,14,17,20H,1-4,7-10,12H2. The molecular formula is C15H24ClN3O. The van der Waals surface area contributed by atoms with E-state index in [2.05, 4.69) is 15.2 Å². The first-order chi connectivity index (χ1) is 9.79. The van der Waals surface area contributed by atoms with Crippen LogP contribution in [0.15, 0.2) is 18.3 Å². The van der Waals surface area contributed by atoms with Gasteiger partial charge in [0, 0.05) is 18.8 Å². The first-order valence-electron chi connectivity index (χ1n) is 7.45. The summed E-state index contributed by atoms with van der Waals surface area (Å²) in [7, 11) is 0. The van der Waals surface area contributed by atoms with E-state index in [1.165, 1.54) is 12.8 Å². The Labute approximate surface area is 126 Å². The minimum absolute atomic E-state index is 0.307. The topological polar surface area (TPSA) is 48.4 Å². The summed E-state index contributed by atoms with van der Waals surface area (Å²) in [5, 5.41) is 13.2. The van der Waals surface area contributed by atoms with Crippen LogP contribution in [0.25, 0.3) is 0 Å². The van der Waals surface area contributed by atoms with Crippen molar-refractivity contribution in [2.75, 3.05) is 26.2 Å². The maximum absolute atomic E-state index is 9.25. The normalized spacial score (nSPS) is 19.6. The zero-order chi connectivity index (χ0) is 14.2. The number of halogens is 1. The number of pyridine rings is 1. The second kappa shape index (κ2) is 8.57. The van der Waals surface area contributed by atoms with E-state index in [4.69, 9.17) is 11.6 Å². The fraction of sp³-hybridized carbons (Fsp3) is 0.667. The minimum Gasteiger partial charge on any atom is -0.395 e. The van der Waals surface area contributed by atoms with Gasteiger partial charge in [0.2, 0.25) is 0 Å². The average Bonchev–Trinajstić information content (AvgIpc) is 2.92. The van der Waals surface area contributed by atoms with Gasteiger partial charge in [0.05, 0.1) is 6.61 Å². The molecule has 1 saturated heterocycles. The molecular weight excluding hydrogens is 274 g/mol. The van der Waals surface area contributed by atoms with Gasteiger partial charge in [0.25, 0.3) is 0 Å². The van der Waals surface area contributed by atoms with Crippen LogP contribution in [0.1, 0.15) is 31.2 Å². The molecule has 2 rings (SSSR count). The summed E-state index contributed by atoms with van der Waals surface area (Å²) < 4.78 is 0. The number of aliphatic hydroxyl groups excluding tert-OH is 1. The van der Waals surface area contributed by atoms with Crippen molar-refractivity contribution in [1.29, 1.82) is 0 Å². The number of rotatable bonds is 8. The number of unbranched alkanes of at least 4 members (excludes halogenated alkanes) is 1. The summed E-state index contributed by atoms with van der Waals surface area (Å²) in [6.45, 7) is 4.42. The number of aliphatic hydroxyl groups is 1. The largest absolute Gasteiger partial charge is 0.395 e. The Morgan fingerprint density at radius 1 is 1.40 bits per heavy atom. The molecule has 1 aromatic rings. The van der Waals surface area contributed by atoms with Gasteiger partial charge in [-0.05, 0) is 56.9 Å². The van der Waals surface area contributed by atoms with Crippen molar-refractivity contribution in [3.05, 3.63) is 29.0 Å². The molecule has 1 aliphatic heterocycles. The third-order valence-electron chi connectivity index (χ3n) is 3.88. The lowest BCUT2D eigenvalue weighted by atomic mass is 10.2. The molecule has 112 valence electrons. The van der Waals surface area contributed by atoms with Crippen LogP contribution in [-0.4, -0.2) is 47.3 Å². The van der Waals surface area contributed by atoms with Gasteiger partial charge in [-0.25, -0.2) is 4.98 Å². The van der Waals surface area contributed by atoms with Gasteiger partial charge in [0.15, 0.2) is 0 Å². The van der Waals surface area contributed by atoms with E-state index in [0.29, 0.717) is 17.8 Å². The Bertz CT molecular complexity index is 385. The number of nitrogens with zero attached hydrogens (tertiary/aromatic N) is 2. The molecule has 1 aromatic heterocycles. The van der Waals surface area contributed by atoms with Crippen LogP contribution >= 0.6 is 11.6 Å². The van der Waals surface area contributed by atoms with Crippen LogP contribution in [-0.2, 0) is 6.54 Å². The number of hydrogen-bond acceptors (Lipinski definition) is 4. The highest BCUT2D eigenvalue weighted by Gasteiger charge is 2.22. The molecule has 0 aliphatic carbocycles. The van der Waals surface area contributed by atoms with Crippen LogP contribution in [0, 0.1) is 0 Å². The number of nitrogens with one attached hydrogen (secondary N) is 1. The van der Waals surface area contributed by atoms with Crippen molar-refractivity contribution < 1.29 is 5.11 Å². The molecule has 4 nitrogen and oxygen atoms in total. The monoisotopic (exact) mass is 297 g/mol. The number of likely N-dealkylation sites (tertiary alicyclic amines) is 1. The highest BCUT2D eigenvalue weighted by Crippen LogP contribution is 2.16. The van der Waals surface area contributed by atoms with Gasteiger partial charge in [-0.3, -0.25) is 4.90 Å². The summed E-state index contributed by atoms with van der Waals surface area (Å²) in [5.41, 5.74) is 1.16. The van der Waals surface area contributed by atoms with Gasteiger partial charge in [0.1, 0.15) is 5.15 Å². The molecule has 1 fully saturated rings. The van der Waals surface area contributed by atoms with E-state index in [9.17, 15) is 5.11 Å². The summed E-state index contributed by atoms with van der Waals surface area (Å²) in [6, 6.07) is 4.22. The van der Waals surface area contributed by atoms with E-state index < -0.39 is 0 Å². The maximum Gasteiger partial charge on any atom is 0.129 e. The smallest absolute Gasteiger partial charge is 0.129 e. The van der Waals surface area contributed by atoms with Crippen molar-refractivity contribution in [2.45, 2.75) is 38.3 Å². The molecule has 0 spiro atoms. The Kier molecular flexibility index (Phi) is 6.73. The lowest BCUT2D eigenvalue weighted by molar-refractivity contribution is 0.157. The zero-order valence-electron chi connectivity index (χ0n) is 11.9. The van der Waals surface area contributed by atoms with Crippen LogP contribution in [0.2, 0.25) is 5.15 Å². The molecule has 5 heteroatoms. The quantitative estimate of drug-likeness (QED) is 0.570. The van der Waals surface area contributed by atoms with Crippen molar-refractivity contribution in [3.8, 4) is 0 Å². The van der Waals surface area contributed by atoms with Gasteiger partial charge in [-0.1, -0.05) is 17.7 Å². The van der Waals surface area contributed by atoms with E-state index in [1.54, 1.807) is 0 Å². The van der Waals surface area contributed by atoms with Crippen molar-refractivity contribution >= 4 is 11.6 Å².